The van der Waals surface area contributed by atoms with Crippen molar-refractivity contribution in [3.05, 3.63) is 0 Å². The van der Waals surface area contributed by atoms with Crippen LogP contribution in [0.1, 0.15) is 33.6 Å². The second-order valence-corrected chi connectivity index (χ2v) is 5.09. The molecule has 0 radical (unpaired) electrons. The lowest BCUT2D eigenvalue weighted by molar-refractivity contribution is -0.134. The first-order valence-electron chi connectivity index (χ1n) is 5.18. The lowest BCUT2D eigenvalue weighted by atomic mass is 9.74. The van der Waals surface area contributed by atoms with Gasteiger partial charge >= 0.3 is 0 Å². The fourth-order valence-corrected chi connectivity index (χ4v) is 3.16. The number of carbonyl (C=O) groups is 2. The monoisotopic (exact) mass is 196 g/mol. The van der Waals surface area contributed by atoms with Crippen molar-refractivity contribution >= 4 is 11.6 Å². The van der Waals surface area contributed by atoms with Crippen LogP contribution in [0.15, 0.2) is 0 Å². The topological polar surface area (TPSA) is 54.4 Å². The van der Waals surface area contributed by atoms with Crippen molar-refractivity contribution < 1.29 is 14.7 Å². The highest BCUT2D eigenvalue weighted by molar-refractivity contribution is 6.27. The molecule has 3 nitrogen and oxygen atoms in total. The summed E-state index contributed by atoms with van der Waals surface area (Å²) in [6, 6.07) is 0. The van der Waals surface area contributed by atoms with E-state index in [0.29, 0.717) is 12.8 Å². The van der Waals surface area contributed by atoms with Gasteiger partial charge in [-0.2, -0.15) is 0 Å². The molecule has 2 rings (SSSR count). The van der Waals surface area contributed by atoms with Crippen LogP contribution in [0.2, 0.25) is 0 Å². The van der Waals surface area contributed by atoms with Gasteiger partial charge in [0.05, 0.1) is 0 Å². The molecular formula is C11H16O3. The van der Waals surface area contributed by atoms with Crippen molar-refractivity contribution in [1.29, 1.82) is 0 Å². The van der Waals surface area contributed by atoms with Gasteiger partial charge in [0.2, 0.25) is 0 Å². The summed E-state index contributed by atoms with van der Waals surface area (Å²) < 4.78 is 0. The maximum Gasteiger partial charge on any atom is 0.183 e. The van der Waals surface area contributed by atoms with Crippen LogP contribution in [0.5, 0.6) is 0 Å². The summed E-state index contributed by atoms with van der Waals surface area (Å²) in [5, 5.41) is 10.1. The Labute approximate surface area is 83.5 Å². The number of Topliss-reactive ketones (excluding diaryl/α,β-unsaturated/α-hetero) is 2. The van der Waals surface area contributed by atoms with Crippen LogP contribution in [0, 0.1) is 17.3 Å². The third-order valence-electron chi connectivity index (χ3n) is 3.81. The molecule has 3 atom stereocenters. The standard InChI is InChI=1S/C11H16O3/c1-6(2)11-8(12)4-7(3)5-10(11,14)9(11)13/h6-7,14H,4-5H2,1-3H3/t7-,10-,11-/m0/s1. The normalized spacial score (nSPS) is 46.8. The van der Waals surface area contributed by atoms with E-state index >= 15 is 0 Å². The smallest absolute Gasteiger partial charge is 0.183 e. The Balaban J connectivity index is 2.44. The van der Waals surface area contributed by atoms with Crippen LogP contribution in [0.3, 0.4) is 0 Å². The summed E-state index contributed by atoms with van der Waals surface area (Å²) >= 11 is 0. The van der Waals surface area contributed by atoms with E-state index in [0.717, 1.165) is 0 Å². The quantitative estimate of drug-likeness (QED) is 0.635. The Bertz CT molecular complexity index is 320. The first-order valence-corrected chi connectivity index (χ1v) is 5.18. The van der Waals surface area contributed by atoms with Gasteiger partial charge in [0.15, 0.2) is 5.78 Å². The van der Waals surface area contributed by atoms with Crippen molar-refractivity contribution in [3.8, 4) is 0 Å². The zero-order chi connectivity index (χ0) is 10.7. The first-order chi connectivity index (χ1) is 6.37. The second kappa shape index (κ2) is 2.45. The highest BCUT2D eigenvalue weighted by Gasteiger charge is 2.83. The second-order valence-electron chi connectivity index (χ2n) is 5.09. The van der Waals surface area contributed by atoms with Gasteiger partial charge in [0, 0.05) is 6.42 Å². The van der Waals surface area contributed by atoms with Crippen molar-refractivity contribution in [2.45, 2.75) is 39.2 Å². The maximum absolute atomic E-state index is 11.8. The average molecular weight is 196 g/mol. The number of hydrogen-bond acceptors (Lipinski definition) is 3. The van der Waals surface area contributed by atoms with Gasteiger partial charge in [0.25, 0.3) is 0 Å². The van der Waals surface area contributed by atoms with Gasteiger partial charge in [-0.15, -0.1) is 0 Å². The van der Waals surface area contributed by atoms with E-state index in [2.05, 4.69) is 0 Å². The number of carbonyl (C=O) groups excluding carboxylic acids is 2. The molecule has 2 aliphatic carbocycles. The van der Waals surface area contributed by atoms with E-state index in [1.807, 2.05) is 20.8 Å². The van der Waals surface area contributed by atoms with E-state index < -0.39 is 11.0 Å². The Kier molecular flexibility index (Phi) is 1.72. The third kappa shape index (κ3) is 0.776. The fraction of sp³-hybridized carbons (Fsp3) is 0.818. The average Bonchev–Trinajstić information content (AvgIpc) is 2.49. The van der Waals surface area contributed by atoms with Crippen molar-refractivity contribution in [2.75, 3.05) is 0 Å². The fourth-order valence-electron chi connectivity index (χ4n) is 3.16. The SMILES string of the molecule is CC(C)[C@@]12C(=O)C[C@H](C)C[C@]1(O)C2=O. The molecule has 1 N–H and O–H groups in total. The Morgan fingerprint density at radius 1 is 1.43 bits per heavy atom. The molecule has 0 aromatic heterocycles. The highest BCUT2D eigenvalue weighted by Crippen LogP contribution is 2.63. The summed E-state index contributed by atoms with van der Waals surface area (Å²) in [5.41, 5.74) is -2.37. The van der Waals surface area contributed by atoms with E-state index in [1.54, 1.807) is 0 Å². The van der Waals surface area contributed by atoms with Gasteiger partial charge in [-0.3, -0.25) is 9.59 Å². The molecule has 0 saturated heterocycles. The molecule has 0 heterocycles. The van der Waals surface area contributed by atoms with Crippen molar-refractivity contribution in [3.63, 3.8) is 0 Å². The van der Waals surface area contributed by atoms with Gasteiger partial charge in [-0.25, -0.2) is 0 Å². The Hall–Kier alpha value is -0.700. The van der Waals surface area contributed by atoms with Crippen molar-refractivity contribution in [2.24, 2.45) is 17.3 Å². The van der Waals surface area contributed by atoms with Gasteiger partial charge in [-0.1, -0.05) is 20.8 Å². The van der Waals surface area contributed by atoms with Gasteiger partial charge < -0.3 is 5.11 Å². The summed E-state index contributed by atoms with van der Waals surface area (Å²) in [7, 11) is 0. The minimum absolute atomic E-state index is 0.0567. The summed E-state index contributed by atoms with van der Waals surface area (Å²) in [5.74, 6) is -0.251. The molecule has 0 spiro atoms. The number of rotatable bonds is 1. The summed E-state index contributed by atoms with van der Waals surface area (Å²) in [6.45, 7) is 5.58. The van der Waals surface area contributed by atoms with Crippen LogP contribution < -0.4 is 0 Å². The van der Waals surface area contributed by atoms with Crippen LogP contribution in [0.25, 0.3) is 0 Å². The molecule has 0 aliphatic heterocycles. The molecule has 14 heavy (non-hydrogen) atoms. The molecule has 2 aliphatic rings. The third-order valence-corrected chi connectivity index (χ3v) is 3.81. The van der Waals surface area contributed by atoms with Crippen LogP contribution in [-0.4, -0.2) is 22.3 Å². The number of aliphatic hydroxyl groups is 1. The maximum atomic E-state index is 11.8. The molecule has 2 saturated carbocycles. The minimum Gasteiger partial charge on any atom is -0.380 e. The highest BCUT2D eigenvalue weighted by atomic mass is 16.3. The molecular weight excluding hydrogens is 180 g/mol. The molecule has 2 fully saturated rings. The molecule has 0 bridgehead atoms. The molecule has 3 heteroatoms. The predicted molar refractivity (Wildman–Crippen MR) is 50.6 cm³/mol. The van der Waals surface area contributed by atoms with E-state index in [9.17, 15) is 14.7 Å². The molecule has 0 aromatic rings. The summed E-state index contributed by atoms with van der Waals surface area (Å²) in [6.07, 6.45) is 0.891. The lowest BCUT2D eigenvalue weighted by Gasteiger charge is -2.29. The Morgan fingerprint density at radius 3 is 2.43 bits per heavy atom. The molecule has 78 valence electrons. The van der Waals surface area contributed by atoms with E-state index in [4.69, 9.17) is 0 Å². The number of fused-ring (bicyclic) bond motifs is 1. The van der Waals surface area contributed by atoms with Crippen LogP contribution in [0.4, 0.5) is 0 Å². The van der Waals surface area contributed by atoms with Crippen LogP contribution in [-0.2, 0) is 9.59 Å². The summed E-state index contributed by atoms with van der Waals surface area (Å²) in [4.78, 5) is 23.5. The van der Waals surface area contributed by atoms with E-state index in [-0.39, 0.29) is 23.4 Å². The largest absolute Gasteiger partial charge is 0.380 e. The molecule has 0 amide bonds. The number of hydrogen-bond donors (Lipinski definition) is 1. The zero-order valence-corrected chi connectivity index (χ0v) is 8.83. The van der Waals surface area contributed by atoms with Gasteiger partial charge in [0.1, 0.15) is 16.8 Å². The zero-order valence-electron chi connectivity index (χ0n) is 8.83. The first kappa shape index (κ1) is 9.84. The molecule has 0 aromatic carbocycles. The predicted octanol–water partition coefficient (Wildman–Crippen LogP) is 0.942. The minimum atomic E-state index is -1.32. The Morgan fingerprint density at radius 2 is 2.00 bits per heavy atom. The van der Waals surface area contributed by atoms with Crippen molar-refractivity contribution in [1.82, 2.24) is 0 Å². The van der Waals surface area contributed by atoms with E-state index in [1.165, 1.54) is 0 Å². The molecule has 0 unspecified atom stereocenters. The van der Waals surface area contributed by atoms with Crippen LogP contribution >= 0.6 is 0 Å². The number of ketones is 2. The lowest BCUT2D eigenvalue weighted by Crippen LogP contribution is -2.39. The van der Waals surface area contributed by atoms with Gasteiger partial charge in [-0.05, 0) is 18.3 Å².